The number of para-hydroxylation sites is 1. The fourth-order valence-corrected chi connectivity index (χ4v) is 4.27. The Morgan fingerprint density at radius 1 is 1.06 bits per heavy atom. The minimum absolute atomic E-state index is 0.0650. The average molecular weight is 564 g/mol. The molecule has 0 aliphatic carbocycles. The van der Waals surface area contributed by atoms with E-state index in [1.165, 1.54) is 12.1 Å². The maximum Gasteiger partial charge on any atom is 0.418 e. The number of rotatable bonds is 5. The number of aromatic nitrogens is 2. The van der Waals surface area contributed by atoms with Crippen LogP contribution in [0, 0.1) is 0 Å². The second kappa shape index (κ2) is 9.85. The fraction of sp³-hybridized carbons (Fsp3) is 0.120. The maximum absolute atomic E-state index is 13.6. The van der Waals surface area contributed by atoms with Crippen LogP contribution < -0.4 is 10.9 Å². The highest BCUT2D eigenvalue weighted by Gasteiger charge is 2.36. The molecule has 5 nitrogen and oxygen atoms in total. The van der Waals surface area contributed by atoms with E-state index in [4.69, 9.17) is 17.4 Å². The van der Waals surface area contributed by atoms with Gasteiger partial charge >= 0.3 is 6.18 Å². The number of imidazole rings is 1. The lowest BCUT2D eigenvalue weighted by Gasteiger charge is -2.21. The molecule has 3 aromatic carbocycles. The molecule has 4 aromatic rings. The third kappa shape index (κ3) is 4.84. The van der Waals surface area contributed by atoms with Gasteiger partial charge < -0.3 is 0 Å². The third-order valence-corrected chi connectivity index (χ3v) is 6.26. The second-order valence-corrected chi connectivity index (χ2v) is 8.89. The molecule has 0 unspecified atom stereocenters. The zero-order valence-corrected chi connectivity index (χ0v) is 20.7. The van der Waals surface area contributed by atoms with Crippen LogP contribution in [0.15, 0.2) is 77.3 Å². The number of hydrogen-bond donors (Lipinski definition) is 1. The molecule has 2 N–H and O–H groups in total. The van der Waals surface area contributed by atoms with Crippen molar-refractivity contribution in [1.29, 1.82) is 0 Å². The number of hydrazine groups is 1. The first kappa shape index (κ1) is 25.0. The van der Waals surface area contributed by atoms with Crippen molar-refractivity contribution in [2.45, 2.75) is 19.5 Å². The summed E-state index contributed by atoms with van der Waals surface area (Å²) in [6.45, 7) is 1.82. The number of nitrogens with zero attached hydrogens (tertiary/aromatic N) is 3. The van der Waals surface area contributed by atoms with Gasteiger partial charge in [0.05, 0.1) is 22.0 Å². The highest BCUT2D eigenvalue weighted by Crippen LogP contribution is 2.37. The molecule has 35 heavy (non-hydrogen) atoms. The molecule has 0 saturated carbocycles. The van der Waals surface area contributed by atoms with Crippen molar-refractivity contribution in [1.82, 2.24) is 9.55 Å². The van der Waals surface area contributed by atoms with E-state index in [0.717, 1.165) is 16.6 Å². The van der Waals surface area contributed by atoms with Gasteiger partial charge in [0.15, 0.2) is 5.69 Å². The Kier molecular flexibility index (Phi) is 7.02. The first-order valence-electron chi connectivity index (χ1n) is 10.5. The number of benzene rings is 3. The molecule has 180 valence electrons. The Morgan fingerprint density at radius 3 is 2.31 bits per heavy atom. The Labute approximate surface area is 213 Å². The number of carbonyl (C=O) groups is 1. The first-order valence-corrected chi connectivity index (χ1v) is 11.7. The monoisotopic (exact) mass is 562 g/mol. The molecule has 4 rings (SSSR count). The molecular formula is C25H19BrClF3N4O. The molecule has 0 bridgehead atoms. The van der Waals surface area contributed by atoms with Crippen LogP contribution in [-0.2, 0) is 12.6 Å². The van der Waals surface area contributed by atoms with Crippen LogP contribution in [0.3, 0.4) is 0 Å². The summed E-state index contributed by atoms with van der Waals surface area (Å²) in [6, 6.07) is 19.0. The number of hydrogen-bond acceptors (Lipinski definition) is 3. The molecule has 10 heteroatoms. The Bertz CT molecular complexity index is 1390. The van der Waals surface area contributed by atoms with E-state index in [1.54, 1.807) is 28.8 Å². The smallest absolute Gasteiger partial charge is 0.296 e. The van der Waals surface area contributed by atoms with Crippen LogP contribution in [0.4, 0.5) is 18.9 Å². The predicted octanol–water partition coefficient (Wildman–Crippen LogP) is 7.06. The van der Waals surface area contributed by atoms with Crippen LogP contribution in [0.2, 0.25) is 5.02 Å². The molecule has 0 aliphatic heterocycles. The van der Waals surface area contributed by atoms with E-state index < -0.39 is 23.3 Å². The number of anilines is 1. The van der Waals surface area contributed by atoms with Crippen molar-refractivity contribution in [2.75, 3.05) is 5.01 Å². The van der Waals surface area contributed by atoms with E-state index in [2.05, 4.69) is 20.9 Å². The molecule has 0 aliphatic rings. The molecule has 0 spiro atoms. The summed E-state index contributed by atoms with van der Waals surface area (Å²) in [4.78, 5) is 18.1. The van der Waals surface area contributed by atoms with Gasteiger partial charge in [0, 0.05) is 15.7 Å². The van der Waals surface area contributed by atoms with Gasteiger partial charge in [-0.3, -0.25) is 9.36 Å². The van der Waals surface area contributed by atoms with Crippen molar-refractivity contribution in [3.63, 3.8) is 0 Å². The molecule has 0 atom stereocenters. The Morgan fingerprint density at radius 2 is 1.69 bits per heavy atom. The highest BCUT2D eigenvalue weighted by molar-refractivity contribution is 9.10. The number of halogens is 5. The van der Waals surface area contributed by atoms with Crippen LogP contribution in [0.1, 0.15) is 28.7 Å². The summed E-state index contributed by atoms with van der Waals surface area (Å²) >= 11 is 9.86. The lowest BCUT2D eigenvalue weighted by molar-refractivity contribution is -0.137. The van der Waals surface area contributed by atoms with Crippen molar-refractivity contribution >= 4 is 39.1 Å². The van der Waals surface area contributed by atoms with Crippen molar-refractivity contribution in [2.24, 2.45) is 5.84 Å². The third-order valence-electron chi connectivity index (χ3n) is 5.40. The van der Waals surface area contributed by atoms with Gasteiger partial charge in [-0.1, -0.05) is 58.7 Å². The molecule has 1 amide bonds. The van der Waals surface area contributed by atoms with Gasteiger partial charge in [-0.2, -0.15) is 13.2 Å². The first-order chi connectivity index (χ1) is 16.6. The normalized spacial score (nSPS) is 11.5. The zero-order chi connectivity index (χ0) is 25.3. The summed E-state index contributed by atoms with van der Waals surface area (Å²) < 4.78 is 43.4. The van der Waals surface area contributed by atoms with Gasteiger partial charge in [-0.05, 0) is 55.0 Å². The number of carbonyl (C=O) groups excluding carboxylic acids is 1. The summed E-state index contributed by atoms with van der Waals surface area (Å²) in [7, 11) is 0. The molecule has 1 heterocycles. The van der Waals surface area contributed by atoms with Gasteiger partial charge in [0.1, 0.15) is 5.82 Å². The van der Waals surface area contributed by atoms with Crippen LogP contribution in [0.25, 0.3) is 17.1 Å². The minimum atomic E-state index is -4.69. The van der Waals surface area contributed by atoms with Gasteiger partial charge in [0.25, 0.3) is 5.91 Å². The Balaban J connectivity index is 1.92. The number of alkyl halides is 3. The van der Waals surface area contributed by atoms with E-state index in [9.17, 15) is 18.0 Å². The summed E-state index contributed by atoms with van der Waals surface area (Å²) in [5, 5.41) is 0.900. The van der Waals surface area contributed by atoms with Gasteiger partial charge in [-0.25, -0.2) is 15.8 Å². The number of amides is 1. The summed E-state index contributed by atoms with van der Waals surface area (Å²) in [5.41, 5.74) is 0.185. The lowest BCUT2D eigenvalue weighted by Crippen LogP contribution is -2.39. The second-order valence-electron chi connectivity index (χ2n) is 7.57. The van der Waals surface area contributed by atoms with Gasteiger partial charge in [0.2, 0.25) is 0 Å². The van der Waals surface area contributed by atoms with E-state index in [-0.39, 0.29) is 5.69 Å². The zero-order valence-electron chi connectivity index (χ0n) is 18.4. The maximum atomic E-state index is 13.6. The molecule has 0 saturated heterocycles. The highest BCUT2D eigenvalue weighted by atomic mass is 79.9. The quantitative estimate of drug-likeness (QED) is 0.161. The standard InChI is InChI=1S/C25H19BrClF3N4O/c1-2-20-22(24(35)34(31)21-10-6-4-8-18(21)25(28,29)30)32-23(17-7-3-5-9-19(17)27)33(20)16-13-11-15(26)12-14-16/h3-14H,2,31H2,1H3. The summed E-state index contributed by atoms with van der Waals surface area (Å²) in [6.07, 6.45) is -4.34. The predicted molar refractivity (Wildman–Crippen MR) is 134 cm³/mol. The molecular weight excluding hydrogens is 545 g/mol. The van der Waals surface area contributed by atoms with Crippen molar-refractivity contribution < 1.29 is 18.0 Å². The van der Waals surface area contributed by atoms with Crippen molar-refractivity contribution in [3.8, 4) is 17.1 Å². The minimum Gasteiger partial charge on any atom is -0.296 e. The Hall–Kier alpha value is -3.14. The van der Waals surface area contributed by atoms with E-state index in [0.29, 0.717) is 39.2 Å². The average Bonchev–Trinajstić information content (AvgIpc) is 3.22. The largest absolute Gasteiger partial charge is 0.418 e. The van der Waals surface area contributed by atoms with Crippen LogP contribution in [-0.4, -0.2) is 15.5 Å². The topological polar surface area (TPSA) is 64.2 Å². The molecule has 1 aromatic heterocycles. The van der Waals surface area contributed by atoms with E-state index >= 15 is 0 Å². The van der Waals surface area contributed by atoms with Crippen LogP contribution in [0.5, 0.6) is 0 Å². The summed E-state index contributed by atoms with van der Waals surface area (Å²) in [5.74, 6) is 5.48. The lowest BCUT2D eigenvalue weighted by atomic mass is 10.1. The van der Waals surface area contributed by atoms with E-state index in [1.807, 2.05) is 31.2 Å². The SMILES string of the molecule is CCc1c(C(=O)N(N)c2ccccc2C(F)(F)F)nc(-c2ccccc2Cl)n1-c1ccc(Br)cc1. The van der Waals surface area contributed by atoms with Crippen molar-refractivity contribution in [3.05, 3.63) is 99.2 Å². The molecule has 0 fully saturated rings. The fourth-order valence-electron chi connectivity index (χ4n) is 3.79. The number of nitrogens with two attached hydrogens (primary N) is 1. The van der Waals surface area contributed by atoms with Crippen LogP contribution >= 0.6 is 27.5 Å². The van der Waals surface area contributed by atoms with Gasteiger partial charge in [-0.15, -0.1) is 0 Å². The molecule has 0 radical (unpaired) electrons.